The van der Waals surface area contributed by atoms with Gasteiger partial charge in [-0.3, -0.25) is 4.79 Å². The lowest BCUT2D eigenvalue weighted by Gasteiger charge is -2.57. The number of fused-ring (bicyclic) bond motifs is 5. The standard InChI is InChI=1S/C21H30O3/c1-19-9-10-21(23-11-12-24-21)13-14(19)3-4-15-16-5-6-18(22)20(16,2)8-7-17(15)19/h3,15-17H,4-13H2,1-2H3/t15-,16+,17-,19+,20-/m1/s1. The second-order valence-corrected chi connectivity index (χ2v) is 9.46. The van der Waals surface area contributed by atoms with E-state index in [0.29, 0.717) is 23.0 Å². The highest BCUT2D eigenvalue weighted by molar-refractivity contribution is 5.87. The molecule has 5 atom stereocenters. The number of ether oxygens (including phenoxy) is 2. The fourth-order valence-corrected chi connectivity index (χ4v) is 7.12. The summed E-state index contributed by atoms with van der Waals surface area (Å²) in [5, 5.41) is 0. The van der Waals surface area contributed by atoms with E-state index in [0.717, 1.165) is 51.2 Å². The van der Waals surface area contributed by atoms with E-state index < -0.39 is 0 Å². The Labute approximate surface area is 145 Å². The van der Waals surface area contributed by atoms with Crippen LogP contribution in [0.3, 0.4) is 0 Å². The van der Waals surface area contributed by atoms with E-state index in [1.807, 2.05) is 0 Å². The highest BCUT2D eigenvalue weighted by Crippen LogP contribution is 2.65. The normalized spacial score (nSPS) is 49.5. The SMILES string of the molecule is C[C@]12CCC3(CC1=CC[C@H]1[C@H]2CC[C@@]2(C)C(=O)CC[C@@H]12)OCCO3. The maximum atomic E-state index is 12.5. The van der Waals surface area contributed by atoms with Gasteiger partial charge in [-0.25, -0.2) is 0 Å². The van der Waals surface area contributed by atoms with Gasteiger partial charge in [0.25, 0.3) is 0 Å². The summed E-state index contributed by atoms with van der Waals surface area (Å²) in [5.41, 5.74) is 1.87. The fraction of sp³-hybridized carbons (Fsp3) is 0.857. The minimum absolute atomic E-state index is 0.0174. The first-order valence-corrected chi connectivity index (χ1v) is 9.98. The summed E-state index contributed by atoms with van der Waals surface area (Å²) in [5.74, 6) is 2.31. The fourth-order valence-electron chi connectivity index (χ4n) is 7.12. The third-order valence-corrected chi connectivity index (χ3v) is 8.63. The van der Waals surface area contributed by atoms with Gasteiger partial charge in [-0.1, -0.05) is 25.5 Å². The maximum absolute atomic E-state index is 12.5. The van der Waals surface area contributed by atoms with Gasteiger partial charge < -0.3 is 9.47 Å². The smallest absolute Gasteiger partial charge is 0.172 e. The monoisotopic (exact) mass is 330 g/mol. The molecular weight excluding hydrogens is 300 g/mol. The highest BCUT2D eigenvalue weighted by Gasteiger charge is 2.60. The molecule has 24 heavy (non-hydrogen) atoms. The molecule has 3 heteroatoms. The van der Waals surface area contributed by atoms with Gasteiger partial charge in [-0.15, -0.1) is 0 Å². The van der Waals surface area contributed by atoms with Crippen LogP contribution in [0.2, 0.25) is 0 Å². The van der Waals surface area contributed by atoms with Crippen molar-refractivity contribution in [3.63, 3.8) is 0 Å². The second kappa shape index (κ2) is 4.94. The quantitative estimate of drug-likeness (QED) is 0.623. The van der Waals surface area contributed by atoms with Crippen molar-refractivity contribution in [1.29, 1.82) is 0 Å². The Morgan fingerprint density at radius 3 is 2.54 bits per heavy atom. The number of hydrogen-bond donors (Lipinski definition) is 0. The van der Waals surface area contributed by atoms with Crippen LogP contribution in [0.4, 0.5) is 0 Å². The molecule has 0 unspecified atom stereocenters. The third-order valence-electron chi connectivity index (χ3n) is 8.63. The first-order chi connectivity index (χ1) is 11.5. The molecule has 1 aliphatic heterocycles. The molecule has 4 aliphatic carbocycles. The molecule has 0 N–H and O–H groups in total. The lowest BCUT2D eigenvalue weighted by Crippen LogP contribution is -2.52. The molecule has 4 fully saturated rings. The lowest BCUT2D eigenvalue weighted by molar-refractivity contribution is -0.185. The van der Waals surface area contributed by atoms with Crippen molar-refractivity contribution in [3.05, 3.63) is 11.6 Å². The molecule has 0 aromatic heterocycles. The Morgan fingerprint density at radius 2 is 1.75 bits per heavy atom. The van der Waals surface area contributed by atoms with Crippen molar-refractivity contribution in [2.24, 2.45) is 28.6 Å². The molecule has 5 rings (SSSR count). The molecular formula is C21H30O3. The first kappa shape index (κ1) is 15.6. The molecule has 0 aromatic rings. The van der Waals surface area contributed by atoms with Gasteiger partial charge in [0, 0.05) is 24.7 Å². The molecule has 132 valence electrons. The van der Waals surface area contributed by atoms with E-state index in [1.54, 1.807) is 5.57 Å². The van der Waals surface area contributed by atoms with Crippen molar-refractivity contribution < 1.29 is 14.3 Å². The minimum Gasteiger partial charge on any atom is -0.347 e. The molecule has 0 bridgehead atoms. The van der Waals surface area contributed by atoms with E-state index in [2.05, 4.69) is 19.9 Å². The second-order valence-electron chi connectivity index (χ2n) is 9.46. The van der Waals surface area contributed by atoms with Crippen LogP contribution in [0.5, 0.6) is 0 Å². The van der Waals surface area contributed by atoms with Crippen molar-refractivity contribution >= 4 is 5.78 Å². The number of allylic oxidation sites excluding steroid dienone is 1. The molecule has 1 heterocycles. The molecule has 1 saturated heterocycles. The zero-order valence-electron chi connectivity index (χ0n) is 15.1. The number of carbonyl (C=O) groups excluding carboxylic acids is 1. The first-order valence-electron chi connectivity index (χ1n) is 9.98. The molecule has 5 aliphatic rings. The Morgan fingerprint density at radius 1 is 1.00 bits per heavy atom. The average Bonchev–Trinajstić information content (AvgIpc) is 3.14. The number of Topliss-reactive ketones (excluding diaryl/α,β-unsaturated/α-hetero) is 1. The van der Waals surface area contributed by atoms with Gasteiger partial charge >= 0.3 is 0 Å². The predicted octanol–water partition coefficient (Wildman–Crippen LogP) is 4.26. The van der Waals surface area contributed by atoms with Crippen molar-refractivity contribution in [2.45, 2.75) is 71.0 Å². The topological polar surface area (TPSA) is 35.5 Å². The van der Waals surface area contributed by atoms with E-state index in [-0.39, 0.29) is 11.2 Å². The van der Waals surface area contributed by atoms with Crippen molar-refractivity contribution in [2.75, 3.05) is 13.2 Å². The highest BCUT2D eigenvalue weighted by atomic mass is 16.7. The molecule has 3 nitrogen and oxygen atoms in total. The summed E-state index contributed by atoms with van der Waals surface area (Å²) < 4.78 is 12.0. The summed E-state index contributed by atoms with van der Waals surface area (Å²) in [6, 6.07) is 0. The average molecular weight is 330 g/mol. The van der Waals surface area contributed by atoms with Gasteiger partial charge in [0.15, 0.2) is 5.79 Å². The Balaban J connectivity index is 1.47. The van der Waals surface area contributed by atoms with Gasteiger partial charge in [-0.2, -0.15) is 0 Å². The van der Waals surface area contributed by atoms with Crippen molar-refractivity contribution in [1.82, 2.24) is 0 Å². The summed E-state index contributed by atoms with van der Waals surface area (Å²) in [6.07, 6.45) is 11.1. The Bertz CT molecular complexity index is 602. The van der Waals surface area contributed by atoms with E-state index in [1.165, 1.54) is 19.3 Å². The van der Waals surface area contributed by atoms with Gasteiger partial charge in [0.05, 0.1) is 13.2 Å². The van der Waals surface area contributed by atoms with Crippen LogP contribution < -0.4 is 0 Å². The van der Waals surface area contributed by atoms with Gasteiger partial charge in [0.2, 0.25) is 0 Å². The van der Waals surface area contributed by atoms with E-state index in [4.69, 9.17) is 9.47 Å². The number of rotatable bonds is 0. The molecule has 0 radical (unpaired) electrons. The van der Waals surface area contributed by atoms with Gasteiger partial charge in [0.1, 0.15) is 5.78 Å². The Hall–Kier alpha value is -0.670. The largest absolute Gasteiger partial charge is 0.347 e. The minimum atomic E-state index is -0.315. The number of ketones is 1. The third kappa shape index (κ3) is 1.89. The maximum Gasteiger partial charge on any atom is 0.172 e. The zero-order valence-corrected chi connectivity index (χ0v) is 15.1. The Kier molecular flexibility index (Phi) is 3.21. The van der Waals surface area contributed by atoms with E-state index in [9.17, 15) is 4.79 Å². The molecule has 0 aromatic carbocycles. The van der Waals surface area contributed by atoms with Crippen LogP contribution in [0.1, 0.15) is 65.2 Å². The number of hydrogen-bond acceptors (Lipinski definition) is 3. The van der Waals surface area contributed by atoms with Crippen molar-refractivity contribution in [3.8, 4) is 0 Å². The van der Waals surface area contributed by atoms with E-state index >= 15 is 0 Å². The number of carbonyl (C=O) groups is 1. The summed E-state index contributed by atoms with van der Waals surface area (Å²) in [7, 11) is 0. The van der Waals surface area contributed by atoms with Crippen LogP contribution in [0.15, 0.2) is 11.6 Å². The van der Waals surface area contributed by atoms with Gasteiger partial charge in [-0.05, 0) is 55.3 Å². The predicted molar refractivity (Wildman–Crippen MR) is 91.3 cm³/mol. The van der Waals surface area contributed by atoms with Crippen LogP contribution >= 0.6 is 0 Å². The lowest BCUT2D eigenvalue weighted by atomic mass is 9.48. The van der Waals surface area contributed by atoms with Crippen LogP contribution in [-0.2, 0) is 14.3 Å². The molecule has 1 spiro atoms. The van der Waals surface area contributed by atoms with Crippen LogP contribution in [0.25, 0.3) is 0 Å². The summed E-state index contributed by atoms with van der Waals surface area (Å²) in [6.45, 7) is 6.26. The van der Waals surface area contributed by atoms with Crippen LogP contribution in [0, 0.1) is 28.6 Å². The summed E-state index contributed by atoms with van der Waals surface area (Å²) >= 11 is 0. The molecule has 0 amide bonds. The van der Waals surface area contributed by atoms with Crippen LogP contribution in [-0.4, -0.2) is 24.8 Å². The molecule has 3 saturated carbocycles. The summed E-state index contributed by atoms with van der Waals surface area (Å²) in [4.78, 5) is 12.5. The zero-order chi connectivity index (χ0) is 16.6.